The van der Waals surface area contributed by atoms with Crippen LogP contribution in [-0.4, -0.2) is 80.2 Å². The predicted molar refractivity (Wildman–Crippen MR) is 220 cm³/mol. The van der Waals surface area contributed by atoms with E-state index in [0.29, 0.717) is 32.1 Å². The van der Waals surface area contributed by atoms with Crippen LogP contribution in [0.5, 0.6) is 0 Å². The van der Waals surface area contributed by atoms with Crippen LogP contribution >= 0.6 is 23.2 Å². The first-order valence-corrected chi connectivity index (χ1v) is 21.7. The molecule has 2 bridgehead atoms. The molecule has 59 heavy (non-hydrogen) atoms. The van der Waals surface area contributed by atoms with Gasteiger partial charge in [-0.1, -0.05) is 86.0 Å². The Hall–Kier alpha value is -3.68. The zero-order valence-corrected chi connectivity index (χ0v) is 35.9. The summed E-state index contributed by atoms with van der Waals surface area (Å²) in [5.74, 6) is -4.71. The fourth-order valence-corrected chi connectivity index (χ4v) is 11.9. The lowest BCUT2D eigenvalue weighted by atomic mass is 9.51. The maximum absolute atomic E-state index is 15.2. The Kier molecular flexibility index (Phi) is 12.0. The Labute approximate surface area is 355 Å². The van der Waals surface area contributed by atoms with Gasteiger partial charge in [0.15, 0.2) is 11.9 Å². The van der Waals surface area contributed by atoms with Crippen LogP contribution < -0.4 is 5.32 Å². The van der Waals surface area contributed by atoms with E-state index in [1.165, 1.54) is 6.07 Å². The lowest BCUT2D eigenvalue weighted by molar-refractivity contribution is -0.258. The molecule has 1 aromatic rings. The van der Waals surface area contributed by atoms with Crippen LogP contribution in [-0.2, 0) is 28.6 Å². The third-order valence-corrected chi connectivity index (χ3v) is 14.9. The smallest absolute Gasteiger partial charge is 0.346 e. The van der Waals surface area contributed by atoms with Crippen LogP contribution in [0.3, 0.4) is 0 Å². The Morgan fingerprint density at radius 2 is 1.85 bits per heavy atom. The van der Waals surface area contributed by atoms with E-state index in [-0.39, 0.29) is 69.3 Å². The quantitative estimate of drug-likeness (QED) is 0.102. The molecule has 0 aromatic carbocycles. The summed E-state index contributed by atoms with van der Waals surface area (Å²) in [5, 5.41) is 37.6. The topological polar surface area (TPSA) is 184 Å². The third-order valence-electron chi connectivity index (χ3n) is 14.4. The number of aliphatic carboxylic acids is 1. The first kappa shape index (κ1) is 43.4. The van der Waals surface area contributed by atoms with Crippen molar-refractivity contribution >= 4 is 46.8 Å². The van der Waals surface area contributed by atoms with E-state index in [4.69, 9.17) is 37.4 Å². The molecule has 14 heteroatoms. The Bertz CT molecular complexity index is 2040. The Morgan fingerprint density at radius 1 is 1.10 bits per heavy atom. The number of aliphatic hydroxyl groups excluding tert-OH is 2. The maximum Gasteiger partial charge on any atom is 0.346 e. The number of fused-ring (bicyclic) bond motifs is 4. The lowest BCUT2D eigenvalue weighted by Crippen LogP contribution is -2.58. The largest absolute Gasteiger partial charge is 0.511 e. The molecule has 2 saturated heterocycles. The predicted octanol–water partition coefficient (Wildman–Crippen LogP) is 7.97. The number of ether oxygens (including phenoxy) is 3. The highest BCUT2D eigenvalue weighted by Gasteiger charge is 2.67. The standard InChI is InChI=1S/C45H56Cl2N2O10/c1-7-25-20-45-39(52)34(42(56)59-45)38(51)44(8-2)26(12-10-9-11-22(3)19-43(45,6)21-28(25)41(54)55)14-15-27-29(44)16-13-23(4)37(27)58-33-18-31(50)35(24(5)57-33)49-40(53)36-30(46)17-32(47)48-36/h9-10,14-15,17,19,21,23-27,29,31,33,35,37,48,50-51H,7-8,11-13,16,18,20H2,1-6H3,(H,49,53)(H,54,55)/b10-9+,22-19?,38-34+/t23-,24+,25-,26+,27-,29+,31+,33-,35+,37-,43-,44+,45+/m0/s1. The molecule has 5 N–H and O–H groups in total. The van der Waals surface area contributed by atoms with Crippen LogP contribution in [0.15, 0.2) is 65.0 Å². The van der Waals surface area contributed by atoms with Crippen molar-refractivity contribution < 1.29 is 48.7 Å². The van der Waals surface area contributed by atoms with Crippen molar-refractivity contribution in [1.29, 1.82) is 0 Å². The van der Waals surface area contributed by atoms with Gasteiger partial charge in [0, 0.05) is 29.7 Å². The zero-order valence-electron chi connectivity index (χ0n) is 34.4. The summed E-state index contributed by atoms with van der Waals surface area (Å²) < 4.78 is 19.4. The number of aliphatic hydroxyl groups is 2. The molecule has 7 rings (SSSR count). The summed E-state index contributed by atoms with van der Waals surface area (Å²) in [6, 6.07) is 0.664. The van der Waals surface area contributed by atoms with Crippen LogP contribution in [0.2, 0.25) is 10.2 Å². The highest BCUT2D eigenvalue weighted by atomic mass is 35.5. The minimum atomic E-state index is -1.75. The average molecular weight is 856 g/mol. The maximum atomic E-state index is 15.2. The lowest BCUT2D eigenvalue weighted by Gasteiger charge is -2.55. The van der Waals surface area contributed by atoms with Crippen LogP contribution in [0, 0.1) is 40.4 Å². The number of hydrogen-bond donors (Lipinski definition) is 5. The monoisotopic (exact) mass is 854 g/mol. The number of allylic oxidation sites excluding steroid dienone is 5. The van der Waals surface area contributed by atoms with E-state index in [1.807, 2.05) is 26.8 Å². The number of Topliss-reactive ketones (excluding diaryl/α,β-unsaturated/α-hetero) is 1. The molecule has 1 amide bonds. The summed E-state index contributed by atoms with van der Waals surface area (Å²) in [5.41, 5.74) is -3.32. The Balaban J connectivity index is 1.23. The number of carboxylic acids is 1. The second-order valence-corrected chi connectivity index (χ2v) is 18.6. The zero-order chi connectivity index (χ0) is 42.8. The van der Waals surface area contributed by atoms with Crippen molar-refractivity contribution in [2.45, 2.75) is 129 Å². The number of esters is 1. The molecule has 0 radical (unpaired) electrons. The molecule has 0 unspecified atom stereocenters. The van der Waals surface area contributed by atoms with Crippen molar-refractivity contribution in [3.8, 4) is 0 Å². The van der Waals surface area contributed by atoms with E-state index in [9.17, 15) is 29.7 Å². The number of aromatic nitrogens is 1. The van der Waals surface area contributed by atoms with Gasteiger partial charge in [-0.3, -0.25) is 9.59 Å². The number of carboxylic acid groups (broad SMARTS) is 1. The summed E-state index contributed by atoms with van der Waals surface area (Å²) in [6.07, 6.45) is 12.3. The number of H-pyrrole nitrogens is 1. The number of aromatic amines is 1. The van der Waals surface area contributed by atoms with Gasteiger partial charge in [0.05, 0.1) is 34.8 Å². The van der Waals surface area contributed by atoms with E-state index in [0.717, 1.165) is 12.0 Å². The Morgan fingerprint density at radius 3 is 2.49 bits per heavy atom. The average Bonchev–Trinajstić information content (AvgIpc) is 3.65. The molecule has 320 valence electrons. The SMILES string of the molecule is CC[C@H]1C[C@]23OC(=O)/C(=C(/O)[C@@]4(CC)[C@@H]5CC[C@H](C)[C@H](O[C@H]6C[C@@H](O)[C@H](NC(=O)c7[nH]c(Cl)cc7Cl)[C@@H](C)O6)[C@H]5C=C[C@H]4C/C=C/CC(C)=C[C@@]2(C)C=C1C(=O)O)C3=O. The van der Waals surface area contributed by atoms with Crippen LogP contribution in [0.25, 0.3) is 0 Å². The molecule has 6 aliphatic rings. The number of ketones is 1. The molecule has 1 spiro atoms. The van der Waals surface area contributed by atoms with Gasteiger partial charge in [0.25, 0.3) is 5.91 Å². The van der Waals surface area contributed by atoms with Gasteiger partial charge in [0.1, 0.15) is 22.2 Å². The third kappa shape index (κ3) is 7.24. The first-order chi connectivity index (χ1) is 27.9. The van der Waals surface area contributed by atoms with Crippen molar-refractivity contribution in [1.82, 2.24) is 10.3 Å². The highest BCUT2D eigenvalue weighted by Crippen LogP contribution is 2.61. The molecule has 13 atom stereocenters. The molecule has 2 aliphatic heterocycles. The van der Waals surface area contributed by atoms with Gasteiger partial charge >= 0.3 is 11.9 Å². The number of carbonyl (C=O) groups is 4. The number of nitrogens with one attached hydrogen (secondary N) is 2. The van der Waals surface area contributed by atoms with Gasteiger partial charge in [-0.25, -0.2) is 9.59 Å². The molecule has 3 heterocycles. The van der Waals surface area contributed by atoms with Crippen molar-refractivity contribution in [3.63, 3.8) is 0 Å². The normalized spacial score (nSPS) is 41.4. The van der Waals surface area contributed by atoms with Crippen LogP contribution in [0.4, 0.5) is 0 Å². The van der Waals surface area contributed by atoms with Crippen LogP contribution in [0.1, 0.15) is 103 Å². The van der Waals surface area contributed by atoms with Crippen molar-refractivity contribution in [3.05, 3.63) is 80.9 Å². The summed E-state index contributed by atoms with van der Waals surface area (Å²) in [4.78, 5) is 57.7. The number of carbonyl (C=O) groups excluding carboxylic acids is 3. The van der Waals surface area contributed by atoms with Gasteiger partial charge in [-0.15, -0.1) is 0 Å². The van der Waals surface area contributed by atoms with Crippen molar-refractivity contribution in [2.24, 2.45) is 40.4 Å². The molecule has 3 fully saturated rings. The van der Waals surface area contributed by atoms with E-state index in [2.05, 4.69) is 41.5 Å². The van der Waals surface area contributed by atoms with E-state index in [1.54, 1.807) is 19.9 Å². The second-order valence-electron chi connectivity index (χ2n) is 17.8. The minimum absolute atomic E-state index is 0.0225. The number of amides is 1. The minimum Gasteiger partial charge on any atom is -0.511 e. The molecule has 1 saturated carbocycles. The summed E-state index contributed by atoms with van der Waals surface area (Å²) >= 11 is 12.2. The molecular weight excluding hydrogens is 799 g/mol. The van der Waals surface area contributed by atoms with Crippen molar-refractivity contribution in [2.75, 3.05) is 0 Å². The fraction of sp³-hybridized carbons (Fsp3) is 0.600. The molecular formula is C45H56Cl2N2O10. The number of rotatable bonds is 7. The number of hydrogen-bond acceptors (Lipinski definition) is 9. The van der Waals surface area contributed by atoms with E-state index < -0.39 is 76.6 Å². The fourth-order valence-electron chi connectivity index (χ4n) is 11.4. The summed E-state index contributed by atoms with van der Waals surface area (Å²) in [7, 11) is 0. The number of halogens is 2. The highest BCUT2D eigenvalue weighted by molar-refractivity contribution is 6.36. The van der Waals surface area contributed by atoms with Gasteiger partial charge in [0.2, 0.25) is 5.78 Å². The van der Waals surface area contributed by atoms with Gasteiger partial charge < -0.3 is 39.8 Å². The summed E-state index contributed by atoms with van der Waals surface area (Å²) in [6.45, 7) is 11.4. The molecule has 4 aliphatic carbocycles. The van der Waals surface area contributed by atoms with Gasteiger partial charge in [-0.2, -0.15) is 0 Å². The molecule has 12 nitrogen and oxygen atoms in total. The second kappa shape index (κ2) is 16.3. The first-order valence-electron chi connectivity index (χ1n) is 20.9. The van der Waals surface area contributed by atoms with E-state index >= 15 is 4.79 Å². The van der Waals surface area contributed by atoms with Gasteiger partial charge in [-0.05, 0) is 89.0 Å². The molecule has 1 aromatic heterocycles.